The lowest BCUT2D eigenvalue weighted by Crippen LogP contribution is -2.37. The van der Waals surface area contributed by atoms with E-state index in [0.717, 1.165) is 47.6 Å². The molecule has 4 aromatic heterocycles. The maximum Gasteiger partial charge on any atom is 0.417 e. The molecule has 2 aliphatic heterocycles. The second-order valence-electron chi connectivity index (χ2n) is 11.1. The SMILES string of the molecule is CC(C)(C)OC(=O)N1Cc2c(-c3ccnn4cccc34)ncc(Nc3ccc(N4CCC(O)CC4)cn3)c2C1=O. The molecule has 2 aliphatic rings. The molecule has 4 aromatic rings. The van der Waals surface area contributed by atoms with Gasteiger partial charge in [0, 0.05) is 36.6 Å². The van der Waals surface area contributed by atoms with Crippen molar-refractivity contribution < 1.29 is 19.4 Å². The zero-order valence-corrected chi connectivity index (χ0v) is 22.7. The first-order valence-corrected chi connectivity index (χ1v) is 13.3. The number of ether oxygens (including phenoxy) is 1. The molecule has 40 heavy (non-hydrogen) atoms. The molecule has 0 spiro atoms. The molecule has 1 saturated heterocycles. The van der Waals surface area contributed by atoms with Gasteiger partial charge in [0.15, 0.2) is 0 Å². The van der Waals surface area contributed by atoms with Crippen LogP contribution in [0.3, 0.4) is 0 Å². The fraction of sp³-hybridized carbons (Fsp3) is 0.345. The van der Waals surface area contributed by atoms with Crippen molar-refractivity contribution >= 4 is 34.7 Å². The van der Waals surface area contributed by atoms with E-state index in [-0.39, 0.29) is 12.6 Å². The third kappa shape index (κ3) is 4.84. The topological polar surface area (TPSA) is 125 Å². The number of hydrogen-bond donors (Lipinski definition) is 2. The van der Waals surface area contributed by atoms with Gasteiger partial charge in [-0.15, -0.1) is 0 Å². The number of imide groups is 1. The molecule has 0 atom stereocenters. The van der Waals surface area contributed by atoms with Crippen LogP contribution in [-0.2, 0) is 11.3 Å². The number of nitrogens with one attached hydrogen (secondary N) is 1. The molecule has 2 N–H and O–H groups in total. The Morgan fingerprint density at radius 2 is 1.90 bits per heavy atom. The Morgan fingerprint density at radius 3 is 2.62 bits per heavy atom. The highest BCUT2D eigenvalue weighted by atomic mass is 16.6. The summed E-state index contributed by atoms with van der Waals surface area (Å²) in [4.78, 5) is 39.4. The maximum absolute atomic E-state index is 13.7. The predicted octanol–water partition coefficient (Wildman–Crippen LogP) is 4.39. The number of carbonyl (C=O) groups excluding carboxylic acids is 2. The van der Waals surface area contributed by atoms with Crippen LogP contribution in [0.2, 0.25) is 0 Å². The Balaban J connectivity index is 1.36. The molecule has 0 bridgehead atoms. The Bertz CT molecular complexity index is 1580. The average Bonchev–Trinajstić information content (AvgIpc) is 3.54. The van der Waals surface area contributed by atoms with E-state index in [1.165, 1.54) is 0 Å². The minimum Gasteiger partial charge on any atom is -0.443 e. The maximum atomic E-state index is 13.7. The van der Waals surface area contributed by atoms with Gasteiger partial charge in [-0.3, -0.25) is 9.78 Å². The molecular formula is C29H31N7O4. The monoisotopic (exact) mass is 541 g/mol. The molecule has 0 saturated carbocycles. The Morgan fingerprint density at radius 1 is 1.10 bits per heavy atom. The number of pyridine rings is 2. The minimum atomic E-state index is -0.754. The number of hydrogen-bond acceptors (Lipinski definition) is 9. The fourth-order valence-corrected chi connectivity index (χ4v) is 5.17. The normalized spacial score (nSPS) is 15.9. The van der Waals surface area contributed by atoms with Gasteiger partial charge >= 0.3 is 6.09 Å². The largest absolute Gasteiger partial charge is 0.443 e. The molecule has 6 heterocycles. The van der Waals surface area contributed by atoms with Crippen LogP contribution >= 0.6 is 0 Å². The summed E-state index contributed by atoms with van der Waals surface area (Å²) >= 11 is 0. The molecule has 11 heteroatoms. The van der Waals surface area contributed by atoms with Crippen molar-refractivity contribution in [3.05, 3.63) is 66.2 Å². The van der Waals surface area contributed by atoms with Gasteiger partial charge in [0.25, 0.3) is 5.91 Å². The van der Waals surface area contributed by atoms with Crippen LogP contribution in [0.4, 0.5) is 22.0 Å². The second kappa shape index (κ2) is 9.91. The fourth-order valence-electron chi connectivity index (χ4n) is 5.17. The zero-order valence-electron chi connectivity index (χ0n) is 22.7. The highest BCUT2D eigenvalue weighted by molar-refractivity contribution is 6.11. The van der Waals surface area contributed by atoms with Crippen LogP contribution in [0.1, 0.15) is 49.5 Å². The van der Waals surface area contributed by atoms with Gasteiger partial charge in [-0.05, 0) is 63.9 Å². The average molecular weight is 542 g/mol. The van der Waals surface area contributed by atoms with Crippen LogP contribution in [0, 0.1) is 0 Å². The van der Waals surface area contributed by atoms with E-state index in [9.17, 15) is 14.7 Å². The van der Waals surface area contributed by atoms with E-state index in [1.807, 2.05) is 36.5 Å². The highest BCUT2D eigenvalue weighted by Crippen LogP contribution is 2.38. The molecule has 2 amide bonds. The first-order chi connectivity index (χ1) is 19.2. The standard InChI is InChI=1S/C29H31N7O4/c1-29(2,3)40-28(39)35-17-21-25(27(35)38)22(16-31-26(21)20-8-11-32-36-12-4-5-23(20)36)33-24-7-6-18(15-30-24)34-13-9-19(37)10-14-34/h4-8,11-12,15-16,19,37H,9-10,13-14,17H2,1-3H3,(H,30,33). The molecular weight excluding hydrogens is 510 g/mol. The third-order valence-corrected chi connectivity index (χ3v) is 7.10. The Labute approximate surface area is 231 Å². The van der Waals surface area contributed by atoms with Crippen molar-refractivity contribution in [1.82, 2.24) is 24.5 Å². The van der Waals surface area contributed by atoms with Crippen LogP contribution in [0.15, 0.2) is 55.1 Å². The lowest BCUT2D eigenvalue weighted by Gasteiger charge is -2.31. The molecule has 11 nitrogen and oxygen atoms in total. The smallest absolute Gasteiger partial charge is 0.417 e. The summed E-state index contributed by atoms with van der Waals surface area (Å²) in [7, 11) is 0. The Hall–Kier alpha value is -4.51. The number of fused-ring (bicyclic) bond motifs is 2. The van der Waals surface area contributed by atoms with Crippen molar-refractivity contribution in [2.24, 2.45) is 0 Å². The molecule has 0 aromatic carbocycles. The molecule has 0 unspecified atom stereocenters. The third-order valence-electron chi connectivity index (χ3n) is 7.10. The van der Waals surface area contributed by atoms with Crippen LogP contribution < -0.4 is 10.2 Å². The summed E-state index contributed by atoms with van der Waals surface area (Å²) < 4.78 is 7.28. The number of carbonyl (C=O) groups is 2. The molecule has 6 rings (SSSR count). The molecule has 0 aliphatic carbocycles. The quantitative estimate of drug-likeness (QED) is 0.387. The van der Waals surface area contributed by atoms with Gasteiger partial charge < -0.3 is 20.1 Å². The number of aliphatic hydroxyl groups is 1. The lowest BCUT2D eigenvalue weighted by atomic mass is 10.0. The van der Waals surface area contributed by atoms with Gasteiger partial charge in [0.1, 0.15) is 11.4 Å². The zero-order chi connectivity index (χ0) is 28.0. The van der Waals surface area contributed by atoms with E-state index < -0.39 is 17.6 Å². The van der Waals surface area contributed by atoms with Gasteiger partial charge in [-0.1, -0.05) is 0 Å². The summed E-state index contributed by atoms with van der Waals surface area (Å²) in [5.74, 6) is 0.0818. The van der Waals surface area contributed by atoms with Gasteiger partial charge in [-0.2, -0.15) is 5.10 Å². The van der Waals surface area contributed by atoms with E-state index >= 15 is 0 Å². The Kier molecular flexibility index (Phi) is 6.38. The lowest BCUT2D eigenvalue weighted by molar-refractivity contribution is 0.0248. The van der Waals surface area contributed by atoms with Crippen molar-refractivity contribution in [3.8, 4) is 11.3 Å². The molecule has 206 valence electrons. The minimum absolute atomic E-state index is 0.0311. The number of piperidine rings is 1. The highest BCUT2D eigenvalue weighted by Gasteiger charge is 2.39. The summed E-state index contributed by atoms with van der Waals surface area (Å²) in [5, 5.41) is 17.4. The first-order valence-electron chi connectivity index (χ1n) is 13.3. The van der Waals surface area contributed by atoms with Crippen molar-refractivity contribution in [2.45, 2.75) is 51.9 Å². The summed E-state index contributed by atoms with van der Waals surface area (Å²) in [6.45, 7) is 6.87. The summed E-state index contributed by atoms with van der Waals surface area (Å²) in [6.07, 6.45) is 7.40. The van der Waals surface area contributed by atoms with Crippen molar-refractivity contribution in [1.29, 1.82) is 0 Å². The van der Waals surface area contributed by atoms with E-state index in [1.54, 1.807) is 43.9 Å². The van der Waals surface area contributed by atoms with Gasteiger partial charge in [-0.25, -0.2) is 19.2 Å². The van der Waals surface area contributed by atoms with E-state index in [2.05, 4.69) is 20.3 Å². The van der Waals surface area contributed by atoms with E-state index in [4.69, 9.17) is 9.72 Å². The summed E-state index contributed by atoms with van der Waals surface area (Å²) in [6, 6.07) is 9.48. The van der Waals surface area contributed by atoms with Gasteiger partial charge in [0.05, 0.1) is 53.2 Å². The van der Waals surface area contributed by atoms with Crippen molar-refractivity contribution in [2.75, 3.05) is 23.3 Å². The number of rotatable bonds is 4. The van der Waals surface area contributed by atoms with Crippen LogP contribution in [-0.4, -0.2) is 66.4 Å². The van der Waals surface area contributed by atoms with Crippen molar-refractivity contribution in [3.63, 3.8) is 0 Å². The second-order valence-corrected chi connectivity index (χ2v) is 11.1. The van der Waals surface area contributed by atoms with Gasteiger partial charge in [0.2, 0.25) is 0 Å². The predicted molar refractivity (Wildman–Crippen MR) is 150 cm³/mol. The van der Waals surface area contributed by atoms with Crippen LogP contribution in [0.25, 0.3) is 16.8 Å². The molecule has 1 fully saturated rings. The first kappa shape index (κ1) is 25.8. The molecule has 0 radical (unpaired) electrons. The number of amides is 2. The van der Waals surface area contributed by atoms with Crippen LogP contribution in [0.5, 0.6) is 0 Å². The number of aliphatic hydroxyl groups excluding tert-OH is 1. The number of anilines is 3. The summed E-state index contributed by atoms with van der Waals surface area (Å²) in [5.41, 5.74) is 3.89. The number of nitrogens with zero attached hydrogens (tertiary/aromatic N) is 6. The van der Waals surface area contributed by atoms with E-state index in [0.29, 0.717) is 28.3 Å². The number of aromatic nitrogens is 4.